The van der Waals surface area contributed by atoms with Crippen LogP contribution in [0.4, 0.5) is 4.39 Å². The minimum absolute atomic E-state index is 0.301. The monoisotopic (exact) mass is 217 g/mol. The lowest BCUT2D eigenvalue weighted by Gasteiger charge is -1.98. The van der Waals surface area contributed by atoms with Gasteiger partial charge in [0.25, 0.3) is 0 Å². The van der Waals surface area contributed by atoms with Gasteiger partial charge < -0.3 is 0 Å². The zero-order valence-electron chi connectivity index (χ0n) is 6.27. The molecule has 0 spiro atoms. The van der Waals surface area contributed by atoms with Crippen LogP contribution in [0, 0.1) is 5.82 Å². The summed E-state index contributed by atoms with van der Waals surface area (Å²) >= 11 is 3.10. The highest BCUT2D eigenvalue weighted by Gasteiger charge is 1.99. The molecular formula is C8H9BrFN. The minimum atomic E-state index is -0.301. The average molecular weight is 218 g/mol. The molecule has 1 aromatic rings. The smallest absolute Gasteiger partial charge is 0.155 e. The highest BCUT2D eigenvalue weighted by Crippen LogP contribution is 2.15. The molecule has 1 rings (SSSR count). The maximum Gasteiger partial charge on any atom is 0.155 e. The number of rotatable bonds is 2. The SMILES string of the molecule is CCCc1cc(Br)c(F)cn1. The van der Waals surface area contributed by atoms with Gasteiger partial charge in [0.1, 0.15) is 0 Å². The first kappa shape index (κ1) is 8.65. The second kappa shape index (κ2) is 3.81. The number of hydrogen-bond acceptors (Lipinski definition) is 1. The summed E-state index contributed by atoms with van der Waals surface area (Å²) in [6, 6.07) is 1.72. The molecular weight excluding hydrogens is 209 g/mol. The second-order valence-corrected chi connectivity index (χ2v) is 3.19. The van der Waals surface area contributed by atoms with Crippen LogP contribution in [0.25, 0.3) is 0 Å². The van der Waals surface area contributed by atoms with Crippen molar-refractivity contribution in [2.45, 2.75) is 19.8 Å². The van der Waals surface area contributed by atoms with E-state index in [1.807, 2.05) is 0 Å². The van der Waals surface area contributed by atoms with E-state index in [-0.39, 0.29) is 5.82 Å². The Morgan fingerprint density at radius 3 is 2.91 bits per heavy atom. The van der Waals surface area contributed by atoms with Crippen molar-refractivity contribution in [3.8, 4) is 0 Å². The number of nitrogens with zero attached hydrogens (tertiary/aromatic N) is 1. The largest absolute Gasteiger partial charge is 0.258 e. The van der Waals surface area contributed by atoms with Gasteiger partial charge in [-0.2, -0.15) is 0 Å². The lowest BCUT2D eigenvalue weighted by Crippen LogP contribution is -1.90. The summed E-state index contributed by atoms with van der Waals surface area (Å²) in [5.41, 5.74) is 0.931. The van der Waals surface area contributed by atoms with E-state index in [1.54, 1.807) is 6.07 Å². The van der Waals surface area contributed by atoms with Gasteiger partial charge in [-0.15, -0.1) is 0 Å². The van der Waals surface area contributed by atoms with Gasteiger partial charge in [-0.3, -0.25) is 4.98 Å². The number of aryl methyl sites for hydroxylation is 1. The van der Waals surface area contributed by atoms with Crippen molar-refractivity contribution in [1.82, 2.24) is 4.98 Å². The third-order valence-corrected chi connectivity index (χ3v) is 1.98. The molecule has 0 unspecified atom stereocenters. The molecule has 0 fully saturated rings. The van der Waals surface area contributed by atoms with Crippen LogP contribution in [0.5, 0.6) is 0 Å². The van der Waals surface area contributed by atoms with Gasteiger partial charge in [-0.1, -0.05) is 13.3 Å². The van der Waals surface area contributed by atoms with Crippen molar-refractivity contribution < 1.29 is 4.39 Å². The van der Waals surface area contributed by atoms with Gasteiger partial charge in [0.05, 0.1) is 10.7 Å². The summed E-state index contributed by atoms with van der Waals surface area (Å²) in [6.45, 7) is 2.07. The molecule has 0 amide bonds. The van der Waals surface area contributed by atoms with Crippen molar-refractivity contribution >= 4 is 15.9 Å². The summed E-state index contributed by atoms with van der Waals surface area (Å²) in [7, 11) is 0. The molecule has 0 aliphatic heterocycles. The molecule has 1 heterocycles. The standard InChI is InChI=1S/C8H9BrFN/c1-2-3-6-4-7(9)8(10)5-11-6/h4-5H,2-3H2,1H3. The predicted molar refractivity (Wildman–Crippen MR) is 45.9 cm³/mol. The van der Waals surface area contributed by atoms with Crippen molar-refractivity contribution in [2.75, 3.05) is 0 Å². The molecule has 0 aromatic carbocycles. The van der Waals surface area contributed by atoms with E-state index in [1.165, 1.54) is 6.20 Å². The Labute approximate surface area is 73.8 Å². The van der Waals surface area contributed by atoms with Gasteiger partial charge >= 0.3 is 0 Å². The average Bonchev–Trinajstić information content (AvgIpc) is 1.98. The predicted octanol–water partition coefficient (Wildman–Crippen LogP) is 2.94. The Morgan fingerprint density at radius 1 is 1.64 bits per heavy atom. The highest BCUT2D eigenvalue weighted by atomic mass is 79.9. The normalized spacial score (nSPS) is 10.1. The van der Waals surface area contributed by atoms with E-state index in [2.05, 4.69) is 27.8 Å². The van der Waals surface area contributed by atoms with Crippen LogP contribution in [0.1, 0.15) is 19.0 Å². The summed E-state index contributed by atoms with van der Waals surface area (Å²) in [5, 5.41) is 0. The van der Waals surface area contributed by atoms with E-state index in [0.29, 0.717) is 4.47 Å². The van der Waals surface area contributed by atoms with Crippen LogP contribution in [0.15, 0.2) is 16.7 Å². The molecule has 1 nitrogen and oxygen atoms in total. The molecule has 0 atom stereocenters. The van der Waals surface area contributed by atoms with Crippen LogP contribution in [-0.4, -0.2) is 4.98 Å². The topological polar surface area (TPSA) is 12.9 Å². The van der Waals surface area contributed by atoms with Gasteiger partial charge in [-0.05, 0) is 28.4 Å². The molecule has 11 heavy (non-hydrogen) atoms. The fourth-order valence-electron chi connectivity index (χ4n) is 0.847. The van der Waals surface area contributed by atoms with E-state index in [4.69, 9.17) is 0 Å². The summed E-state index contributed by atoms with van der Waals surface area (Å²) in [5.74, 6) is -0.301. The Balaban J connectivity index is 2.86. The summed E-state index contributed by atoms with van der Waals surface area (Å²) < 4.78 is 13.1. The van der Waals surface area contributed by atoms with Crippen LogP contribution in [0.2, 0.25) is 0 Å². The minimum Gasteiger partial charge on any atom is -0.258 e. The van der Waals surface area contributed by atoms with Gasteiger partial charge in [0, 0.05) is 5.69 Å². The lowest BCUT2D eigenvalue weighted by atomic mass is 10.2. The van der Waals surface area contributed by atoms with E-state index in [9.17, 15) is 4.39 Å². The lowest BCUT2D eigenvalue weighted by molar-refractivity contribution is 0.611. The van der Waals surface area contributed by atoms with Crippen LogP contribution < -0.4 is 0 Å². The first-order chi connectivity index (χ1) is 5.24. The molecule has 3 heteroatoms. The first-order valence-corrected chi connectivity index (χ1v) is 4.33. The number of halogens is 2. The van der Waals surface area contributed by atoms with E-state index >= 15 is 0 Å². The van der Waals surface area contributed by atoms with Crippen LogP contribution >= 0.6 is 15.9 Å². The number of aromatic nitrogens is 1. The van der Waals surface area contributed by atoms with Crippen LogP contribution in [0.3, 0.4) is 0 Å². The first-order valence-electron chi connectivity index (χ1n) is 3.54. The quantitative estimate of drug-likeness (QED) is 0.743. The number of pyridine rings is 1. The molecule has 0 saturated carbocycles. The molecule has 0 N–H and O–H groups in total. The molecule has 0 saturated heterocycles. The van der Waals surface area contributed by atoms with Crippen molar-refractivity contribution in [3.63, 3.8) is 0 Å². The van der Waals surface area contributed by atoms with Gasteiger partial charge in [0.15, 0.2) is 5.82 Å². The summed E-state index contributed by atoms with van der Waals surface area (Å²) in [6.07, 6.45) is 3.18. The molecule has 0 radical (unpaired) electrons. The summed E-state index contributed by atoms with van der Waals surface area (Å²) in [4.78, 5) is 3.92. The van der Waals surface area contributed by atoms with E-state index < -0.39 is 0 Å². The maximum absolute atomic E-state index is 12.6. The van der Waals surface area contributed by atoms with Crippen molar-refractivity contribution in [2.24, 2.45) is 0 Å². The second-order valence-electron chi connectivity index (χ2n) is 2.34. The van der Waals surface area contributed by atoms with Gasteiger partial charge in [0.2, 0.25) is 0 Å². The molecule has 1 aromatic heterocycles. The Kier molecular flexibility index (Phi) is 3.00. The third-order valence-electron chi connectivity index (χ3n) is 1.37. The zero-order valence-corrected chi connectivity index (χ0v) is 7.86. The maximum atomic E-state index is 12.6. The fraction of sp³-hybridized carbons (Fsp3) is 0.375. The van der Waals surface area contributed by atoms with Crippen molar-refractivity contribution in [1.29, 1.82) is 0 Å². The Bertz CT molecular complexity index is 250. The van der Waals surface area contributed by atoms with Gasteiger partial charge in [-0.25, -0.2) is 4.39 Å². The Morgan fingerprint density at radius 2 is 2.36 bits per heavy atom. The van der Waals surface area contributed by atoms with Crippen LogP contribution in [-0.2, 0) is 6.42 Å². The molecule has 0 bridgehead atoms. The molecule has 0 aliphatic carbocycles. The fourth-order valence-corrected chi connectivity index (χ4v) is 1.21. The third kappa shape index (κ3) is 2.26. The molecule has 0 aliphatic rings. The van der Waals surface area contributed by atoms with Crippen molar-refractivity contribution in [3.05, 3.63) is 28.2 Å². The number of hydrogen-bond donors (Lipinski definition) is 0. The molecule has 60 valence electrons. The van der Waals surface area contributed by atoms with E-state index in [0.717, 1.165) is 18.5 Å². The highest BCUT2D eigenvalue weighted by molar-refractivity contribution is 9.10. The Hall–Kier alpha value is -0.440. The zero-order chi connectivity index (χ0) is 8.27.